The number of hydrogen-bond acceptors (Lipinski definition) is 3. The van der Waals surface area contributed by atoms with Crippen LogP contribution in [0, 0.1) is 5.82 Å². The zero-order valence-electron chi connectivity index (χ0n) is 10.0. The lowest BCUT2D eigenvalue weighted by Gasteiger charge is -2.06. The maximum Gasteiger partial charge on any atom is 0.166 e. The monoisotopic (exact) mass is 363 g/mol. The molecule has 102 valence electrons. The highest BCUT2D eigenvalue weighted by atomic mass is 79.9. The van der Waals surface area contributed by atoms with Gasteiger partial charge in [0.1, 0.15) is 0 Å². The maximum atomic E-state index is 13.5. The third-order valence-corrected chi connectivity index (χ3v) is 4.15. The molecule has 0 radical (unpaired) electrons. The van der Waals surface area contributed by atoms with Crippen molar-refractivity contribution in [3.8, 4) is 5.75 Å². The Bertz CT molecular complexity index is 549. The first-order valence-electron chi connectivity index (χ1n) is 5.76. The van der Waals surface area contributed by atoms with Gasteiger partial charge in [0.05, 0.1) is 23.2 Å². The van der Waals surface area contributed by atoms with Gasteiger partial charge in [-0.25, -0.2) is 9.37 Å². The second-order valence-electron chi connectivity index (χ2n) is 3.89. The van der Waals surface area contributed by atoms with E-state index in [1.807, 2.05) is 5.38 Å². The zero-order valence-corrected chi connectivity index (χ0v) is 13.2. The van der Waals surface area contributed by atoms with E-state index in [0.29, 0.717) is 17.0 Å². The van der Waals surface area contributed by atoms with Crippen molar-refractivity contribution in [1.82, 2.24) is 4.98 Å². The topological polar surface area (TPSA) is 22.1 Å². The predicted octanol–water partition coefficient (Wildman–Crippen LogP) is 4.80. The van der Waals surface area contributed by atoms with E-state index in [2.05, 4.69) is 20.9 Å². The molecule has 19 heavy (non-hydrogen) atoms. The third kappa shape index (κ3) is 4.44. The lowest BCUT2D eigenvalue weighted by atomic mass is 10.3. The van der Waals surface area contributed by atoms with Gasteiger partial charge >= 0.3 is 0 Å². The van der Waals surface area contributed by atoms with Crippen molar-refractivity contribution in [2.45, 2.75) is 18.7 Å². The van der Waals surface area contributed by atoms with Gasteiger partial charge in [-0.05, 0) is 24.6 Å². The number of aryl methyl sites for hydroxylation is 1. The van der Waals surface area contributed by atoms with E-state index in [1.54, 1.807) is 23.5 Å². The number of nitrogens with zero attached hydrogens (tertiary/aromatic N) is 1. The van der Waals surface area contributed by atoms with Crippen LogP contribution in [-0.4, -0.2) is 11.6 Å². The summed E-state index contributed by atoms with van der Waals surface area (Å²) >= 11 is 10.5. The van der Waals surface area contributed by atoms with Gasteiger partial charge in [-0.15, -0.1) is 22.9 Å². The van der Waals surface area contributed by atoms with Crippen LogP contribution in [0.2, 0.25) is 0 Å². The van der Waals surface area contributed by atoms with Crippen LogP contribution in [0.1, 0.15) is 17.1 Å². The molecular weight excluding hydrogens is 353 g/mol. The smallest absolute Gasteiger partial charge is 0.166 e. The number of halogens is 3. The number of rotatable bonds is 6. The first-order valence-corrected chi connectivity index (χ1v) is 7.97. The van der Waals surface area contributed by atoms with Crippen LogP contribution in [0.25, 0.3) is 0 Å². The molecule has 0 saturated carbocycles. The highest BCUT2D eigenvalue weighted by molar-refractivity contribution is 9.10. The molecule has 1 heterocycles. The molecule has 0 aliphatic heterocycles. The van der Waals surface area contributed by atoms with Crippen molar-refractivity contribution in [1.29, 1.82) is 0 Å². The highest BCUT2D eigenvalue weighted by Gasteiger charge is 2.05. The Balaban J connectivity index is 1.77. The molecule has 0 aliphatic rings. The minimum atomic E-state index is -0.354. The Morgan fingerprint density at radius 1 is 1.42 bits per heavy atom. The van der Waals surface area contributed by atoms with Crippen molar-refractivity contribution in [3.63, 3.8) is 0 Å². The molecule has 0 saturated heterocycles. The average Bonchev–Trinajstić information content (AvgIpc) is 2.84. The largest absolute Gasteiger partial charge is 0.491 e. The van der Waals surface area contributed by atoms with Crippen LogP contribution in [0.5, 0.6) is 5.75 Å². The van der Waals surface area contributed by atoms with Gasteiger partial charge in [0.2, 0.25) is 0 Å². The van der Waals surface area contributed by atoms with E-state index >= 15 is 0 Å². The zero-order chi connectivity index (χ0) is 13.7. The molecule has 0 amide bonds. The van der Waals surface area contributed by atoms with Crippen molar-refractivity contribution < 1.29 is 9.13 Å². The summed E-state index contributed by atoms with van der Waals surface area (Å²) in [5, 5.41) is 2.99. The Hall–Kier alpha value is -0.650. The van der Waals surface area contributed by atoms with E-state index in [4.69, 9.17) is 16.3 Å². The van der Waals surface area contributed by atoms with Crippen LogP contribution in [0.3, 0.4) is 0 Å². The molecule has 0 fully saturated rings. The normalized spacial score (nSPS) is 10.7. The van der Waals surface area contributed by atoms with E-state index in [-0.39, 0.29) is 11.6 Å². The number of aromatic nitrogens is 1. The quantitative estimate of drug-likeness (QED) is 0.543. The first kappa shape index (κ1) is 14.8. The molecule has 2 aromatic rings. The van der Waals surface area contributed by atoms with Crippen LogP contribution in [0.4, 0.5) is 4.39 Å². The summed E-state index contributed by atoms with van der Waals surface area (Å²) in [4.78, 5) is 4.35. The second kappa shape index (κ2) is 7.22. The summed E-state index contributed by atoms with van der Waals surface area (Å²) in [6.45, 7) is 0.467. The summed E-state index contributed by atoms with van der Waals surface area (Å²) in [5.74, 6) is 0.369. The molecule has 2 nitrogen and oxygen atoms in total. The summed E-state index contributed by atoms with van der Waals surface area (Å²) < 4.78 is 19.6. The fourth-order valence-corrected chi connectivity index (χ4v) is 2.92. The molecule has 6 heteroatoms. The summed E-state index contributed by atoms with van der Waals surface area (Å²) in [5.41, 5.74) is 0.904. The Labute approximate surface area is 128 Å². The molecular formula is C13H12BrClFNOS. The molecule has 0 bridgehead atoms. The van der Waals surface area contributed by atoms with Crippen LogP contribution >= 0.6 is 38.9 Å². The molecule has 1 aromatic carbocycles. The number of ether oxygens (including phenoxy) is 1. The van der Waals surface area contributed by atoms with Crippen molar-refractivity contribution in [3.05, 3.63) is 44.6 Å². The molecule has 0 unspecified atom stereocenters. The molecule has 0 spiro atoms. The predicted molar refractivity (Wildman–Crippen MR) is 79.6 cm³/mol. The molecule has 2 rings (SSSR count). The van der Waals surface area contributed by atoms with E-state index in [0.717, 1.165) is 23.5 Å². The van der Waals surface area contributed by atoms with Gasteiger partial charge in [0.25, 0.3) is 0 Å². The summed E-state index contributed by atoms with van der Waals surface area (Å²) in [7, 11) is 0. The molecule has 0 atom stereocenters. The number of hydrogen-bond donors (Lipinski definition) is 0. The van der Waals surface area contributed by atoms with Crippen LogP contribution in [0.15, 0.2) is 28.1 Å². The minimum absolute atomic E-state index is 0.281. The van der Waals surface area contributed by atoms with Gasteiger partial charge in [0.15, 0.2) is 11.6 Å². The van der Waals surface area contributed by atoms with Gasteiger partial charge in [-0.2, -0.15) is 0 Å². The summed E-state index contributed by atoms with van der Waals surface area (Å²) in [6, 6.07) is 4.77. The lowest BCUT2D eigenvalue weighted by Crippen LogP contribution is -2.01. The number of thiazole rings is 1. The van der Waals surface area contributed by atoms with Gasteiger partial charge in [-0.1, -0.05) is 15.9 Å². The fourth-order valence-electron chi connectivity index (χ4n) is 1.52. The van der Waals surface area contributed by atoms with E-state index < -0.39 is 0 Å². The van der Waals surface area contributed by atoms with Crippen molar-refractivity contribution in [2.24, 2.45) is 0 Å². The molecule has 0 N–H and O–H groups in total. The maximum absolute atomic E-state index is 13.5. The van der Waals surface area contributed by atoms with Crippen molar-refractivity contribution >= 4 is 38.9 Å². The van der Waals surface area contributed by atoms with Gasteiger partial charge in [-0.3, -0.25) is 0 Å². The van der Waals surface area contributed by atoms with E-state index in [9.17, 15) is 4.39 Å². The van der Waals surface area contributed by atoms with Crippen LogP contribution in [-0.2, 0) is 12.3 Å². The highest BCUT2D eigenvalue weighted by Crippen LogP contribution is 2.21. The van der Waals surface area contributed by atoms with Gasteiger partial charge < -0.3 is 4.74 Å². The van der Waals surface area contributed by atoms with E-state index in [1.165, 1.54) is 6.07 Å². The SMILES string of the molecule is Fc1cc(Br)ccc1OCCCc1nc(CCl)cs1. The minimum Gasteiger partial charge on any atom is -0.491 e. The fraction of sp³-hybridized carbons (Fsp3) is 0.308. The Morgan fingerprint density at radius 2 is 2.26 bits per heavy atom. The lowest BCUT2D eigenvalue weighted by molar-refractivity contribution is 0.295. The number of alkyl halides is 1. The van der Waals surface area contributed by atoms with Gasteiger partial charge in [0, 0.05) is 16.3 Å². The Morgan fingerprint density at radius 3 is 2.95 bits per heavy atom. The second-order valence-corrected chi connectivity index (χ2v) is 6.02. The Kier molecular flexibility index (Phi) is 5.60. The first-order chi connectivity index (χ1) is 9.19. The molecule has 0 aliphatic carbocycles. The van der Waals surface area contributed by atoms with Crippen LogP contribution < -0.4 is 4.74 Å². The standard InChI is InChI=1S/C13H12BrClFNOS/c14-9-3-4-12(11(16)6-9)18-5-1-2-13-17-10(7-15)8-19-13/h3-4,6,8H,1-2,5,7H2. The third-order valence-electron chi connectivity index (χ3n) is 2.42. The number of benzene rings is 1. The van der Waals surface area contributed by atoms with Crippen molar-refractivity contribution in [2.75, 3.05) is 6.61 Å². The summed E-state index contributed by atoms with van der Waals surface area (Å²) in [6.07, 6.45) is 1.62. The average molecular weight is 365 g/mol. The molecule has 1 aromatic heterocycles.